The van der Waals surface area contributed by atoms with Crippen LogP contribution < -0.4 is 4.74 Å². The third kappa shape index (κ3) is 1.88. The summed E-state index contributed by atoms with van der Waals surface area (Å²) in [5, 5.41) is 9.43. The summed E-state index contributed by atoms with van der Waals surface area (Å²) in [7, 11) is 1.46. The smallest absolute Gasteiger partial charge is 0.314 e. The largest absolute Gasteiger partial charge is 0.496 e. The fourth-order valence-electron chi connectivity index (χ4n) is 2.26. The quantitative estimate of drug-likeness (QED) is 0.877. The maximum Gasteiger partial charge on any atom is 0.314 e. The Labute approximate surface area is 99.2 Å². The van der Waals surface area contributed by atoms with Crippen molar-refractivity contribution in [1.29, 1.82) is 0 Å². The van der Waals surface area contributed by atoms with E-state index in [0.29, 0.717) is 11.3 Å². The minimum absolute atomic E-state index is 0.0655. The lowest BCUT2D eigenvalue weighted by Crippen LogP contribution is -2.35. The summed E-state index contributed by atoms with van der Waals surface area (Å²) in [5.41, 5.74) is -0.636. The monoisotopic (exact) mass is 238 g/mol. The van der Waals surface area contributed by atoms with E-state index in [1.165, 1.54) is 25.3 Å². The predicted octanol–water partition coefficient (Wildman–Crippen LogP) is 2.59. The highest BCUT2D eigenvalue weighted by molar-refractivity contribution is 5.83. The van der Waals surface area contributed by atoms with Crippen molar-refractivity contribution in [2.24, 2.45) is 5.92 Å². The van der Waals surface area contributed by atoms with Crippen molar-refractivity contribution in [2.75, 3.05) is 7.11 Å². The molecule has 1 N–H and O–H groups in total. The van der Waals surface area contributed by atoms with Crippen LogP contribution in [0.15, 0.2) is 18.2 Å². The Bertz CT molecular complexity index is 454. The van der Waals surface area contributed by atoms with Crippen LogP contribution in [0.3, 0.4) is 0 Å². The molecule has 0 radical (unpaired) electrons. The van der Waals surface area contributed by atoms with Crippen LogP contribution in [-0.2, 0) is 10.2 Å². The number of hydrogen-bond donors (Lipinski definition) is 1. The highest BCUT2D eigenvalue weighted by Crippen LogP contribution is 2.49. The number of benzene rings is 1. The molecule has 0 aromatic heterocycles. The Morgan fingerprint density at radius 2 is 2.18 bits per heavy atom. The number of methoxy groups -OCH3 is 1. The van der Waals surface area contributed by atoms with Gasteiger partial charge in [0.2, 0.25) is 0 Å². The number of aliphatic carboxylic acids is 1. The van der Waals surface area contributed by atoms with Gasteiger partial charge in [-0.25, -0.2) is 4.39 Å². The van der Waals surface area contributed by atoms with Gasteiger partial charge in [-0.3, -0.25) is 4.79 Å². The van der Waals surface area contributed by atoms with Crippen LogP contribution in [0, 0.1) is 11.7 Å². The van der Waals surface area contributed by atoms with Crippen molar-refractivity contribution in [3.8, 4) is 5.75 Å². The van der Waals surface area contributed by atoms with Crippen molar-refractivity contribution in [3.05, 3.63) is 29.6 Å². The Morgan fingerprint density at radius 1 is 1.53 bits per heavy atom. The van der Waals surface area contributed by atoms with Crippen molar-refractivity contribution in [3.63, 3.8) is 0 Å². The molecule has 0 amide bonds. The van der Waals surface area contributed by atoms with E-state index in [1.54, 1.807) is 6.92 Å². The predicted molar refractivity (Wildman–Crippen MR) is 60.7 cm³/mol. The number of rotatable bonds is 4. The molecule has 1 unspecified atom stereocenters. The second kappa shape index (κ2) is 4.02. The average Bonchev–Trinajstić information content (AvgIpc) is 3.11. The fourth-order valence-corrected chi connectivity index (χ4v) is 2.26. The van der Waals surface area contributed by atoms with Gasteiger partial charge >= 0.3 is 5.97 Å². The third-order valence-electron chi connectivity index (χ3n) is 3.56. The maximum atomic E-state index is 13.3. The van der Waals surface area contributed by atoms with E-state index in [4.69, 9.17) is 4.74 Å². The molecule has 0 heterocycles. The highest BCUT2D eigenvalue weighted by Gasteiger charge is 2.50. The van der Waals surface area contributed by atoms with Crippen LogP contribution in [-0.4, -0.2) is 18.2 Å². The average molecular weight is 238 g/mol. The Morgan fingerprint density at radius 3 is 2.65 bits per heavy atom. The van der Waals surface area contributed by atoms with Crippen LogP contribution in [0.1, 0.15) is 25.3 Å². The molecule has 1 aromatic rings. The Hall–Kier alpha value is -1.58. The number of ether oxygens (including phenoxy) is 1. The molecule has 1 saturated carbocycles. The second-order valence-electron chi connectivity index (χ2n) is 4.63. The first kappa shape index (κ1) is 11.9. The number of hydrogen-bond acceptors (Lipinski definition) is 2. The molecular weight excluding hydrogens is 223 g/mol. The molecule has 17 heavy (non-hydrogen) atoms. The van der Waals surface area contributed by atoms with Gasteiger partial charge in [-0.2, -0.15) is 0 Å². The molecular formula is C13H15FO3. The molecule has 2 rings (SSSR count). The molecule has 4 heteroatoms. The van der Waals surface area contributed by atoms with Crippen LogP contribution in [0.5, 0.6) is 5.75 Å². The van der Waals surface area contributed by atoms with E-state index in [9.17, 15) is 14.3 Å². The van der Waals surface area contributed by atoms with Crippen LogP contribution in [0.2, 0.25) is 0 Å². The van der Waals surface area contributed by atoms with E-state index < -0.39 is 17.2 Å². The molecule has 1 fully saturated rings. The number of carboxylic acid groups (broad SMARTS) is 1. The zero-order valence-corrected chi connectivity index (χ0v) is 9.87. The third-order valence-corrected chi connectivity index (χ3v) is 3.56. The van der Waals surface area contributed by atoms with Gasteiger partial charge in [0, 0.05) is 5.56 Å². The summed E-state index contributed by atoms with van der Waals surface area (Å²) in [6.07, 6.45) is 1.73. The molecule has 0 bridgehead atoms. The summed E-state index contributed by atoms with van der Waals surface area (Å²) < 4.78 is 18.5. The van der Waals surface area contributed by atoms with Gasteiger partial charge in [-0.15, -0.1) is 0 Å². The highest BCUT2D eigenvalue weighted by atomic mass is 19.1. The van der Waals surface area contributed by atoms with Crippen LogP contribution >= 0.6 is 0 Å². The standard InChI is InChI=1S/C13H15FO3/c1-13(12(15)16,8-3-4-8)10-7-9(14)5-6-11(10)17-2/h5-8H,3-4H2,1-2H3,(H,15,16). The molecule has 1 aromatic carbocycles. The van der Waals surface area contributed by atoms with E-state index in [-0.39, 0.29) is 5.92 Å². The summed E-state index contributed by atoms with van der Waals surface area (Å²) in [6, 6.07) is 4.02. The minimum atomic E-state index is -1.06. The molecule has 0 saturated heterocycles. The topological polar surface area (TPSA) is 46.5 Å². The Kier molecular flexibility index (Phi) is 2.81. The van der Waals surface area contributed by atoms with Crippen molar-refractivity contribution < 1.29 is 19.0 Å². The normalized spacial score (nSPS) is 18.5. The number of carboxylic acids is 1. The zero-order valence-electron chi connectivity index (χ0n) is 9.87. The van der Waals surface area contributed by atoms with Gasteiger partial charge in [0.25, 0.3) is 0 Å². The Balaban J connectivity index is 2.56. The van der Waals surface area contributed by atoms with Crippen LogP contribution in [0.25, 0.3) is 0 Å². The van der Waals surface area contributed by atoms with Gasteiger partial charge in [0.15, 0.2) is 0 Å². The zero-order chi connectivity index (χ0) is 12.6. The molecule has 92 valence electrons. The van der Waals surface area contributed by atoms with E-state index in [1.807, 2.05) is 0 Å². The number of carbonyl (C=O) groups is 1. The van der Waals surface area contributed by atoms with Gasteiger partial charge in [-0.05, 0) is 43.9 Å². The maximum absolute atomic E-state index is 13.3. The van der Waals surface area contributed by atoms with Gasteiger partial charge < -0.3 is 9.84 Å². The van der Waals surface area contributed by atoms with Gasteiger partial charge in [0.1, 0.15) is 11.6 Å². The molecule has 1 aliphatic rings. The summed E-state index contributed by atoms with van der Waals surface area (Å²) in [6.45, 7) is 1.64. The van der Waals surface area contributed by atoms with Crippen molar-refractivity contribution >= 4 is 5.97 Å². The SMILES string of the molecule is COc1ccc(F)cc1C(C)(C(=O)O)C1CC1. The first-order valence-corrected chi connectivity index (χ1v) is 5.57. The minimum Gasteiger partial charge on any atom is -0.496 e. The first-order chi connectivity index (χ1) is 8.00. The molecule has 1 aliphatic carbocycles. The van der Waals surface area contributed by atoms with E-state index in [2.05, 4.69) is 0 Å². The number of halogens is 1. The first-order valence-electron chi connectivity index (χ1n) is 5.57. The lowest BCUT2D eigenvalue weighted by atomic mass is 9.77. The summed E-state index contributed by atoms with van der Waals surface area (Å²) in [4.78, 5) is 11.5. The van der Waals surface area contributed by atoms with Crippen molar-refractivity contribution in [2.45, 2.75) is 25.2 Å². The summed E-state index contributed by atoms with van der Waals surface area (Å²) in [5.74, 6) is -0.864. The van der Waals surface area contributed by atoms with Crippen molar-refractivity contribution in [1.82, 2.24) is 0 Å². The molecule has 3 nitrogen and oxygen atoms in total. The molecule has 1 atom stereocenters. The lowest BCUT2D eigenvalue weighted by molar-refractivity contribution is -0.144. The molecule has 0 aliphatic heterocycles. The summed E-state index contributed by atoms with van der Waals surface area (Å²) >= 11 is 0. The van der Waals surface area contributed by atoms with Crippen LogP contribution in [0.4, 0.5) is 4.39 Å². The lowest BCUT2D eigenvalue weighted by Gasteiger charge is -2.27. The van der Waals surface area contributed by atoms with E-state index in [0.717, 1.165) is 12.8 Å². The second-order valence-corrected chi connectivity index (χ2v) is 4.63. The fraction of sp³-hybridized carbons (Fsp3) is 0.462. The van der Waals surface area contributed by atoms with Gasteiger partial charge in [0.05, 0.1) is 12.5 Å². The van der Waals surface area contributed by atoms with Gasteiger partial charge in [-0.1, -0.05) is 0 Å². The molecule has 0 spiro atoms. The van der Waals surface area contributed by atoms with E-state index >= 15 is 0 Å².